The number of halogens is 9. The quantitative estimate of drug-likeness (QED) is 0.806. The lowest BCUT2D eigenvalue weighted by molar-refractivity contribution is -0.215. The van der Waals surface area contributed by atoms with Gasteiger partial charge in [0.1, 0.15) is 6.10 Å². The second-order valence-electron chi connectivity index (χ2n) is 5.36. The second-order valence-corrected chi connectivity index (χ2v) is 5.36. The average Bonchev–Trinajstić information content (AvgIpc) is 2.90. The Balaban J connectivity index is 2.44. The van der Waals surface area contributed by atoms with Crippen molar-refractivity contribution in [2.45, 2.75) is 49.6 Å². The number of alkyl halides is 9. The van der Waals surface area contributed by atoms with Gasteiger partial charge in [0.25, 0.3) is 0 Å². The molecule has 0 bridgehead atoms. The van der Waals surface area contributed by atoms with E-state index in [1.54, 1.807) is 0 Å². The van der Waals surface area contributed by atoms with Crippen LogP contribution in [0.5, 0.6) is 0 Å². The highest BCUT2D eigenvalue weighted by atomic mass is 19.4. The number of rotatable bonds is 4. The Bertz CT molecular complexity index is 638. The summed E-state index contributed by atoms with van der Waals surface area (Å²) >= 11 is 0. The van der Waals surface area contributed by atoms with Gasteiger partial charge in [-0.05, 0) is 0 Å². The first-order valence-corrected chi connectivity index (χ1v) is 6.70. The fourth-order valence-electron chi connectivity index (χ4n) is 2.57. The van der Waals surface area contributed by atoms with Gasteiger partial charge in [0, 0.05) is 25.6 Å². The third kappa shape index (κ3) is 3.30. The van der Waals surface area contributed by atoms with Crippen LogP contribution in [0.2, 0.25) is 0 Å². The molecule has 1 aliphatic rings. The fraction of sp³-hybridized carbons (Fsp3) is 0.750. The third-order valence-corrected chi connectivity index (χ3v) is 3.77. The van der Waals surface area contributed by atoms with E-state index in [0.29, 0.717) is 7.11 Å². The highest BCUT2D eigenvalue weighted by molar-refractivity contribution is 5.40. The minimum atomic E-state index is -5.30. The second kappa shape index (κ2) is 6.04. The van der Waals surface area contributed by atoms with Crippen LogP contribution in [0.15, 0.2) is 0 Å². The minimum absolute atomic E-state index is 0.0741. The van der Waals surface area contributed by atoms with E-state index in [-0.39, 0.29) is 4.68 Å². The SMILES string of the molecule is CO[C@H](CCn1nc(C(F)(F)F)c2c1[C@@H](F)C(F)(F)[C@@H]2O)C(F)(F)F. The lowest BCUT2D eigenvalue weighted by Crippen LogP contribution is -2.32. The van der Waals surface area contributed by atoms with Gasteiger partial charge in [-0.3, -0.25) is 4.68 Å². The molecular weight excluding hydrogens is 375 g/mol. The van der Waals surface area contributed by atoms with Crippen LogP contribution in [-0.2, 0) is 17.5 Å². The summed E-state index contributed by atoms with van der Waals surface area (Å²) in [6, 6.07) is 0. The Kier molecular flexibility index (Phi) is 4.79. The number of aliphatic hydroxyl groups excluding tert-OH is 1. The first-order chi connectivity index (χ1) is 11.2. The monoisotopic (exact) mass is 386 g/mol. The number of methoxy groups -OCH3 is 1. The lowest BCUT2D eigenvalue weighted by atomic mass is 10.1. The highest BCUT2D eigenvalue weighted by Crippen LogP contribution is 2.55. The fourth-order valence-corrected chi connectivity index (χ4v) is 2.57. The molecule has 0 unspecified atom stereocenters. The predicted octanol–water partition coefficient (Wildman–Crippen LogP) is 3.56. The summed E-state index contributed by atoms with van der Waals surface area (Å²) in [5, 5.41) is 12.2. The van der Waals surface area contributed by atoms with Crippen LogP contribution < -0.4 is 0 Å². The summed E-state index contributed by atoms with van der Waals surface area (Å²) in [7, 11) is 0.697. The Morgan fingerprint density at radius 1 is 1.24 bits per heavy atom. The van der Waals surface area contributed by atoms with Gasteiger partial charge >= 0.3 is 18.3 Å². The van der Waals surface area contributed by atoms with Crippen LogP contribution in [0.4, 0.5) is 39.5 Å². The molecule has 3 atom stereocenters. The number of aryl methyl sites for hydroxylation is 1. The maximum absolute atomic E-state index is 13.9. The number of ether oxygens (including phenoxy) is 1. The topological polar surface area (TPSA) is 47.3 Å². The molecule has 0 fully saturated rings. The maximum Gasteiger partial charge on any atom is 0.435 e. The summed E-state index contributed by atoms with van der Waals surface area (Å²) < 4.78 is 122. The van der Waals surface area contributed by atoms with Gasteiger partial charge in [-0.15, -0.1) is 0 Å². The van der Waals surface area contributed by atoms with E-state index in [2.05, 4.69) is 9.84 Å². The molecule has 0 spiro atoms. The van der Waals surface area contributed by atoms with Gasteiger partial charge < -0.3 is 9.84 Å². The van der Waals surface area contributed by atoms with Crippen LogP contribution in [0.3, 0.4) is 0 Å². The van der Waals surface area contributed by atoms with E-state index in [9.17, 15) is 44.6 Å². The van der Waals surface area contributed by atoms with E-state index >= 15 is 0 Å². The lowest BCUT2D eigenvalue weighted by Gasteiger charge is -2.20. The molecule has 1 aromatic heterocycles. The first kappa shape index (κ1) is 19.8. The van der Waals surface area contributed by atoms with Crippen molar-refractivity contribution in [1.82, 2.24) is 9.78 Å². The zero-order chi connectivity index (χ0) is 19.4. The van der Waals surface area contributed by atoms with Crippen molar-refractivity contribution in [3.8, 4) is 0 Å². The summed E-state index contributed by atoms with van der Waals surface area (Å²) in [4.78, 5) is 0. The van der Waals surface area contributed by atoms with E-state index in [1.165, 1.54) is 0 Å². The average molecular weight is 386 g/mol. The van der Waals surface area contributed by atoms with Crippen molar-refractivity contribution in [1.29, 1.82) is 0 Å². The molecule has 0 radical (unpaired) electrons. The molecule has 4 nitrogen and oxygen atoms in total. The van der Waals surface area contributed by atoms with Gasteiger partial charge in [-0.25, -0.2) is 4.39 Å². The number of fused-ring (bicyclic) bond motifs is 1. The Labute approximate surface area is 134 Å². The molecule has 25 heavy (non-hydrogen) atoms. The summed E-state index contributed by atoms with van der Waals surface area (Å²) in [6.45, 7) is -0.973. The van der Waals surface area contributed by atoms with E-state index < -0.39 is 66.6 Å². The van der Waals surface area contributed by atoms with Crippen molar-refractivity contribution < 1.29 is 49.4 Å². The van der Waals surface area contributed by atoms with Crippen LogP contribution in [0.25, 0.3) is 0 Å². The molecule has 2 rings (SSSR count). The summed E-state index contributed by atoms with van der Waals surface area (Å²) in [5.41, 5.74) is -4.72. The van der Waals surface area contributed by atoms with Crippen LogP contribution in [0.1, 0.15) is 35.6 Å². The van der Waals surface area contributed by atoms with Crippen molar-refractivity contribution in [3.63, 3.8) is 0 Å². The first-order valence-electron chi connectivity index (χ1n) is 6.70. The number of hydrogen-bond acceptors (Lipinski definition) is 3. The third-order valence-electron chi connectivity index (χ3n) is 3.77. The maximum atomic E-state index is 13.9. The smallest absolute Gasteiger partial charge is 0.382 e. The van der Waals surface area contributed by atoms with Crippen LogP contribution in [-0.4, -0.2) is 40.2 Å². The summed E-state index contributed by atoms with van der Waals surface area (Å²) in [5.74, 6) is -4.56. The zero-order valence-electron chi connectivity index (χ0n) is 12.3. The molecular formula is C12H11F9N2O2. The molecule has 144 valence electrons. The van der Waals surface area contributed by atoms with Gasteiger partial charge in [0.15, 0.2) is 11.8 Å². The highest BCUT2D eigenvalue weighted by Gasteiger charge is 2.61. The molecule has 1 aliphatic carbocycles. The number of nitrogens with zero attached hydrogens (tertiary/aromatic N) is 2. The molecule has 0 amide bonds. The summed E-state index contributed by atoms with van der Waals surface area (Å²) in [6.07, 6.45) is -20.0. The van der Waals surface area contributed by atoms with Gasteiger partial charge in [-0.2, -0.15) is 40.2 Å². The number of hydrogen-bond donors (Lipinski definition) is 1. The van der Waals surface area contributed by atoms with Gasteiger partial charge in [0.05, 0.1) is 5.69 Å². The largest absolute Gasteiger partial charge is 0.435 e. The molecule has 0 saturated heterocycles. The van der Waals surface area contributed by atoms with Crippen molar-refractivity contribution in [2.75, 3.05) is 7.11 Å². The number of aromatic nitrogens is 2. The normalized spacial score (nSPS) is 24.4. The molecule has 1 heterocycles. The Morgan fingerprint density at radius 3 is 2.24 bits per heavy atom. The minimum Gasteiger partial charge on any atom is -0.382 e. The van der Waals surface area contributed by atoms with Crippen molar-refractivity contribution >= 4 is 0 Å². The van der Waals surface area contributed by atoms with E-state index in [4.69, 9.17) is 0 Å². The van der Waals surface area contributed by atoms with Crippen LogP contribution >= 0.6 is 0 Å². The van der Waals surface area contributed by atoms with Crippen molar-refractivity contribution in [2.24, 2.45) is 0 Å². The zero-order valence-corrected chi connectivity index (χ0v) is 12.3. The van der Waals surface area contributed by atoms with Gasteiger partial charge in [-0.1, -0.05) is 0 Å². The van der Waals surface area contributed by atoms with E-state index in [0.717, 1.165) is 0 Å². The predicted molar refractivity (Wildman–Crippen MR) is 62.5 cm³/mol. The van der Waals surface area contributed by atoms with Gasteiger partial charge in [0.2, 0.25) is 6.17 Å². The van der Waals surface area contributed by atoms with Crippen LogP contribution in [0, 0.1) is 0 Å². The Hall–Kier alpha value is -1.50. The molecule has 1 N–H and O–H groups in total. The molecule has 0 aliphatic heterocycles. The molecule has 13 heteroatoms. The molecule has 1 aromatic rings. The molecule has 0 aromatic carbocycles. The Morgan fingerprint density at radius 2 is 1.80 bits per heavy atom. The van der Waals surface area contributed by atoms with E-state index in [1.807, 2.05) is 0 Å². The standard InChI is InChI=1S/C12H11F9N2O2/c1-25-4(11(16,17)18)2-3-23-6-5(8(22-23)12(19,20)21)9(24)10(14,15)7(6)13/h4,7,9,24H,2-3H2,1H3/t4-,7-,9-/m1/s1. The van der Waals surface area contributed by atoms with Crippen molar-refractivity contribution in [3.05, 3.63) is 17.0 Å². The molecule has 0 saturated carbocycles. The number of aliphatic hydroxyl groups is 1.